The van der Waals surface area contributed by atoms with Crippen molar-refractivity contribution in [3.8, 4) is 5.75 Å². The van der Waals surface area contributed by atoms with Crippen LogP contribution in [0, 0.1) is 5.41 Å². The van der Waals surface area contributed by atoms with Gasteiger partial charge in [0.2, 0.25) is 0 Å². The molecule has 1 heterocycles. The first-order valence-corrected chi connectivity index (χ1v) is 8.95. The molecule has 0 aliphatic carbocycles. The molecule has 1 aliphatic heterocycles. The molecular formula is C21H27NO3. The summed E-state index contributed by atoms with van der Waals surface area (Å²) in [6, 6.07) is 18.4. The fourth-order valence-electron chi connectivity index (χ4n) is 3.15. The van der Waals surface area contributed by atoms with Gasteiger partial charge in [0, 0.05) is 31.7 Å². The van der Waals surface area contributed by atoms with E-state index in [4.69, 9.17) is 9.47 Å². The van der Waals surface area contributed by atoms with Gasteiger partial charge in [-0.1, -0.05) is 42.5 Å². The molecule has 2 aromatic carbocycles. The maximum atomic E-state index is 9.75. The maximum absolute atomic E-state index is 9.75. The minimum absolute atomic E-state index is 0.0420. The molecule has 25 heavy (non-hydrogen) atoms. The zero-order valence-corrected chi connectivity index (χ0v) is 14.6. The number of rotatable bonds is 8. The van der Waals surface area contributed by atoms with E-state index in [0.29, 0.717) is 6.61 Å². The highest BCUT2D eigenvalue weighted by atomic mass is 16.5. The van der Waals surface area contributed by atoms with Crippen molar-refractivity contribution in [2.45, 2.75) is 26.0 Å². The van der Waals surface area contributed by atoms with Crippen LogP contribution in [0.25, 0.3) is 0 Å². The number of ether oxygens (including phenoxy) is 2. The minimum Gasteiger partial charge on any atom is -0.489 e. The summed E-state index contributed by atoms with van der Waals surface area (Å²) in [5.74, 6) is 0.881. The van der Waals surface area contributed by atoms with Crippen LogP contribution in [0.1, 0.15) is 24.0 Å². The van der Waals surface area contributed by atoms with E-state index in [1.807, 2.05) is 30.3 Å². The van der Waals surface area contributed by atoms with Crippen molar-refractivity contribution in [3.63, 3.8) is 0 Å². The van der Waals surface area contributed by atoms with Crippen molar-refractivity contribution in [2.75, 3.05) is 26.4 Å². The number of aliphatic hydroxyl groups excluding tert-OH is 1. The van der Waals surface area contributed by atoms with Crippen molar-refractivity contribution in [1.82, 2.24) is 5.32 Å². The molecule has 3 rings (SSSR count). The SMILES string of the molecule is OCC1(CNCc2cccc(OCc3ccccc3)c2)CCOCC1. The molecule has 0 radical (unpaired) electrons. The lowest BCUT2D eigenvalue weighted by Gasteiger charge is -2.35. The summed E-state index contributed by atoms with van der Waals surface area (Å²) < 4.78 is 11.3. The Morgan fingerprint density at radius 3 is 2.52 bits per heavy atom. The number of hydrogen-bond donors (Lipinski definition) is 2. The van der Waals surface area contributed by atoms with Crippen molar-refractivity contribution >= 4 is 0 Å². The first kappa shape index (κ1) is 17.9. The van der Waals surface area contributed by atoms with Gasteiger partial charge < -0.3 is 19.9 Å². The fourth-order valence-corrected chi connectivity index (χ4v) is 3.15. The standard InChI is InChI=1S/C21H27NO3/c23-17-21(9-11-24-12-10-21)16-22-14-19-7-4-8-20(13-19)25-15-18-5-2-1-3-6-18/h1-8,13,22-23H,9-12,14-17H2. The van der Waals surface area contributed by atoms with E-state index in [9.17, 15) is 5.11 Å². The summed E-state index contributed by atoms with van der Waals surface area (Å²) in [4.78, 5) is 0. The van der Waals surface area contributed by atoms with Gasteiger partial charge in [0.05, 0.1) is 6.61 Å². The van der Waals surface area contributed by atoms with Crippen LogP contribution in [0.5, 0.6) is 5.75 Å². The molecule has 0 saturated carbocycles. The van der Waals surface area contributed by atoms with Crippen LogP contribution in [0.3, 0.4) is 0 Å². The van der Waals surface area contributed by atoms with Crippen LogP contribution in [0.4, 0.5) is 0 Å². The summed E-state index contributed by atoms with van der Waals surface area (Å²) >= 11 is 0. The number of hydrogen-bond acceptors (Lipinski definition) is 4. The molecule has 1 saturated heterocycles. The molecule has 2 N–H and O–H groups in total. The van der Waals surface area contributed by atoms with Crippen molar-refractivity contribution in [3.05, 3.63) is 65.7 Å². The molecule has 0 bridgehead atoms. The van der Waals surface area contributed by atoms with Gasteiger partial charge in [-0.25, -0.2) is 0 Å². The zero-order valence-electron chi connectivity index (χ0n) is 14.6. The fraction of sp³-hybridized carbons (Fsp3) is 0.429. The molecule has 134 valence electrons. The first-order chi connectivity index (χ1) is 12.3. The molecule has 1 fully saturated rings. The van der Waals surface area contributed by atoms with Crippen LogP contribution in [0.15, 0.2) is 54.6 Å². The lowest BCUT2D eigenvalue weighted by Crippen LogP contribution is -2.41. The van der Waals surface area contributed by atoms with Crippen LogP contribution >= 0.6 is 0 Å². The highest BCUT2D eigenvalue weighted by Gasteiger charge is 2.31. The average Bonchev–Trinajstić information content (AvgIpc) is 2.68. The topological polar surface area (TPSA) is 50.7 Å². The van der Waals surface area contributed by atoms with E-state index in [-0.39, 0.29) is 12.0 Å². The van der Waals surface area contributed by atoms with Gasteiger partial charge in [-0.05, 0) is 36.1 Å². The van der Waals surface area contributed by atoms with Gasteiger partial charge in [-0.15, -0.1) is 0 Å². The van der Waals surface area contributed by atoms with Gasteiger partial charge in [0.1, 0.15) is 12.4 Å². The van der Waals surface area contributed by atoms with Crippen molar-refractivity contribution < 1.29 is 14.6 Å². The minimum atomic E-state index is -0.0420. The second-order valence-corrected chi connectivity index (χ2v) is 6.80. The van der Waals surface area contributed by atoms with Crippen LogP contribution in [-0.4, -0.2) is 31.5 Å². The Morgan fingerprint density at radius 2 is 1.76 bits per heavy atom. The zero-order chi connectivity index (χ0) is 17.4. The van der Waals surface area contributed by atoms with Gasteiger partial charge in [0.15, 0.2) is 0 Å². The predicted octanol–water partition coefficient (Wildman–Crippen LogP) is 3.14. The molecule has 0 unspecified atom stereocenters. The summed E-state index contributed by atoms with van der Waals surface area (Å²) in [7, 11) is 0. The van der Waals surface area contributed by atoms with Crippen LogP contribution in [0.2, 0.25) is 0 Å². The van der Waals surface area contributed by atoms with Gasteiger partial charge in [0.25, 0.3) is 0 Å². The monoisotopic (exact) mass is 341 g/mol. The highest BCUT2D eigenvalue weighted by Crippen LogP contribution is 2.29. The van der Waals surface area contributed by atoms with Crippen molar-refractivity contribution in [2.24, 2.45) is 5.41 Å². The summed E-state index contributed by atoms with van der Waals surface area (Å²) in [6.07, 6.45) is 1.83. The molecule has 4 nitrogen and oxygen atoms in total. The molecule has 0 atom stereocenters. The molecular weight excluding hydrogens is 314 g/mol. The lowest BCUT2D eigenvalue weighted by atomic mass is 9.81. The largest absolute Gasteiger partial charge is 0.489 e. The number of aliphatic hydroxyl groups is 1. The second-order valence-electron chi connectivity index (χ2n) is 6.80. The van der Waals surface area contributed by atoms with Crippen LogP contribution in [-0.2, 0) is 17.9 Å². The van der Waals surface area contributed by atoms with E-state index in [0.717, 1.165) is 50.5 Å². The number of benzene rings is 2. The maximum Gasteiger partial charge on any atom is 0.120 e. The van der Waals surface area contributed by atoms with Gasteiger partial charge in [-0.2, -0.15) is 0 Å². The molecule has 0 spiro atoms. The molecule has 0 aromatic heterocycles. The van der Waals surface area contributed by atoms with Crippen LogP contribution < -0.4 is 10.1 Å². The Balaban J connectivity index is 1.49. The highest BCUT2D eigenvalue weighted by molar-refractivity contribution is 5.29. The molecule has 1 aliphatic rings. The lowest BCUT2D eigenvalue weighted by molar-refractivity contribution is -0.0154. The summed E-state index contributed by atoms with van der Waals surface area (Å²) in [5.41, 5.74) is 2.31. The normalized spacial score (nSPS) is 16.5. The second kappa shape index (κ2) is 8.99. The quantitative estimate of drug-likeness (QED) is 0.774. The number of nitrogens with one attached hydrogen (secondary N) is 1. The van der Waals surface area contributed by atoms with E-state index in [2.05, 4.69) is 29.6 Å². The smallest absolute Gasteiger partial charge is 0.120 e. The third-order valence-corrected chi connectivity index (χ3v) is 4.86. The van der Waals surface area contributed by atoms with Gasteiger partial charge in [-0.3, -0.25) is 0 Å². The average molecular weight is 341 g/mol. The Bertz CT molecular complexity index is 639. The first-order valence-electron chi connectivity index (χ1n) is 8.95. The molecule has 2 aromatic rings. The van der Waals surface area contributed by atoms with E-state index >= 15 is 0 Å². The predicted molar refractivity (Wildman–Crippen MR) is 98.5 cm³/mol. The Hall–Kier alpha value is -1.88. The van der Waals surface area contributed by atoms with Crippen molar-refractivity contribution in [1.29, 1.82) is 0 Å². The Labute approximate surface area is 149 Å². The molecule has 4 heteroatoms. The Kier molecular flexibility index (Phi) is 6.45. The van der Waals surface area contributed by atoms with E-state index in [1.54, 1.807) is 0 Å². The summed E-state index contributed by atoms with van der Waals surface area (Å²) in [6.45, 7) is 3.85. The third-order valence-electron chi connectivity index (χ3n) is 4.86. The summed E-state index contributed by atoms with van der Waals surface area (Å²) in [5, 5.41) is 13.2. The van der Waals surface area contributed by atoms with E-state index in [1.165, 1.54) is 5.56 Å². The Morgan fingerprint density at radius 1 is 1.00 bits per heavy atom. The van der Waals surface area contributed by atoms with E-state index < -0.39 is 0 Å². The van der Waals surface area contributed by atoms with Gasteiger partial charge >= 0.3 is 0 Å². The molecule has 0 amide bonds. The third kappa shape index (κ3) is 5.30.